The summed E-state index contributed by atoms with van der Waals surface area (Å²) in [6.07, 6.45) is 7.39. The number of allylic oxidation sites excluding steroid dienone is 1. The standard InChI is InChI=1S/C31H39ClN4O4/c1-22(2)19-26-30(38)34-15-6-5-14-29(37)36-27(21-23-9-7-12-25(32)20-23)31(39)35-16-8-11-24-10-3-4-13-28(24)40-18-17-33-26/h3-4,7-13,19-20,26-27,33H,5-6,14-18,21H2,1-2H3,(H,34,38)(H,35,39)(H,36,37)/b11-8+/t26-,27-/m0/s1. The van der Waals surface area contributed by atoms with Crippen molar-refractivity contribution in [2.24, 2.45) is 0 Å². The normalized spacial score (nSPS) is 20.8. The zero-order valence-corrected chi connectivity index (χ0v) is 23.9. The van der Waals surface area contributed by atoms with E-state index in [0.29, 0.717) is 49.7 Å². The number of benzene rings is 2. The molecule has 214 valence electrons. The van der Waals surface area contributed by atoms with Gasteiger partial charge in [0.2, 0.25) is 17.7 Å². The molecule has 2 atom stereocenters. The summed E-state index contributed by atoms with van der Waals surface area (Å²) in [5, 5.41) is 12.5. The van der Waals surface area contributed by atoms with E-state index in [0.717, 1.165) is 16.7 Å². The summed E-state index contributed by atoms with van der Waals surface area (Å²) in [6, 6.07) is 13.6. The van der Waals surface area contributed by atoms with Crippen molar-refractivity contribution in [3.63, 3.8) is 0 Å². The Balaban J connectivity index is 1.75. The van der Waals surface area contributed by atoms with Gasteiger partial charge in [-0.2, -0.15) is 0 Å². The smallest absolute Gasteiger partial charge is 0.243 e. The van der Waals surface area contributed by atoms with Gasteiger partial charge in [-0.15, -0.1) is 0 Å². The SMILES string of the molecule is CC(C)=C[C@@H]1NCCOc2ccccc2/C=C/CNC(=O)[C@H](Cc2cccc(Cl)c2)NC(=O)CCCCNC1=O. The summed E-state index contributed by atoms with van der Waals surface area (Å²) in [7, 11) is 0. The van der Waals surface area contributed by atoms with E-state index in [1.54, 1.807) is 12.1 Å². The van der Waals surface area contributed by atoms with Crippen LogP contribution in [0.5, 0.6) is 5.75 Å². The van der Waals surface area contributed by atoms with Crippen molar-refractivity contribution in [3.8, 4) is 5.75 Å². The van der Waals surface area contributed by atoms with Crippen molar-refractivity contribution in [2.45, 2.75) is 51.6 Å². The van der Waals surface area contributed by atoms with Crippen LogP contribution < -0.4 is 26.0 Å². The molecule has 2 aromatic rings. The number of ether oxygens (including phenoxy) is 1. The Labute approximate surface area is 241 Å². The number of hydrogen-bond acceptors (Lipinski definition) is 5. The molecule has 3 amide bonds. The van der Waals surface area contributed by atoms with Gasteiger partial charge in [0, 0.05) is 43.1 Å². The fourth-order valence-corrected chi connectivity index (χ4v) is 4.47. The third-order valence-electron chi connectivity index (χ3n) is 6.23. The van der Waals surface area contributed by atoms with Crippen LogP contribution in [0.1, 0.15) is 44.2 Å². The molecule has 0 aliphatic carbocycles. The van der Waals surface area contributed by atoms with E-state index < -0.39 is 12.1 Å². The second-order valence-corrected chi connectivity index (χ2v) is 10.3. The number of hydrogen-bond donors (Lipinski definition) is 4. The molecule has 1 heterocycles. The quantitative estimate of drug-likeness (QED) is 0.423. The zero-order chi connectivity index (χ0) is 28.7. The highest BCUT2D eigenvalue weighted by molar-refractivity contribution is 6.30. The lowest BCUT2D eigenvalue weighted by atomic mass is 10.0. The Bertz CT molecular complexity index is 1210. The monoisotopic (exact) mass is 566 g/mol. The fraction of sp³-hybridized carbons (Fsp3) is 0.387. The fourth-order valence-electron chi connectivity index (χ4n) is 4.26. The maximum absolute atomic E-state index is 13.1. The van der Waals surface area contributed by atoms with E-state index >= 15 is 0 Å². The molecule has 0 saturated heterocycles. The minimum atomic E-state index is -0.750. The lowest BCUT2D eigenvalue weighted by Gasteiger charge is -2.19. The number of halogens is 1. The lowest BCUT2D eigenvalue weighted by Crippen LogP contribution is -2.48. The van der Waals surface area contributed by atoms with E-state index in [9.17, 15) is 14.4 Å². The highest BCUT2D eigenvalue weighted by atomic mass is 35.5. The minimum absolute atomic E-state index is 0.127. The third-order valence-corrected chi connectivity index (χ3v) is 6.46. The van der Waals surface area contributed by atoms with Crippen LogP contribution in [0.4, 0.5) is 0 Å². The van der Waals surface area contributed by atoms with Crippen molar-refractivity contribution >= 4 is 35.4 Å². The number of nitrogens with one attached hydrogen (secondary N) is 4. The summed E-state index contributed by atoms with van der Waals surface area (Å²) in [5.41, 5.74) is 2.74. The van der Waals surface area contributed by atoms with Crippen LogP contribution in [0.2, 0.25) is 5.02 Å². The van der Waals surface area contributed by atoms with E-state index in [-0.39, 0.29) is 30.7 Å². The van der Waals surface area contributed by atoms with Gasteiger partial charge in [0.1, 0.15) is 24.4 Å². The zero-order valence-electron chi connectivity index (χ0n) is 23.2. The molecular formula is C31H39ClN4O4. The first-order valence-corrected chi connectivity index (χ1v) is 14.1. The molecule has 0 aromatic heterocycles. The molecule has 4 N–H and O–H groups in total. The molecule has 2 aromatic carbocycles. The van der Waals surface area contributed by atoms with Crippen LogP contribution in [0.3, 0.4) is 0 Å². The van der Waals surface area contributed by atoms with Crippen LogP contribution in [0.25, 0.3) is 6.08 Å². The highest BCUT2D eigenvalue weighted by Crippen LogP contribution is 2.19. The molecular weight excluding hydrogens is 528 g/mol. The number of fused-ring (bicyclic) bond motifs is 1. The van der Waals surface area contributed by atoms with Gasteiger partial charge >= 0.3 is 0 Å². The van der Waals surface area contributed by atoms with Gasteiger partial charge < -0.3 is 20.7 Å². The Kier molecular flexibility index (Phi) is 12.7. The van der Waals surface area contributed by atoms with Gasteiger partial charge in [-0.05, 0) is 50.5 Å². The predicted molar refractivity (Wildman–Crippen MR) is 159 cm³/mol. The van der Waals surface area contributed by atoms with Gasteiger partial charge in [0.05, 0.1) is 0 Å². The summed E-state index contributed by atoms with van der Waals surface area (Å²) in [4.78, 5) is 38.6. The summed E-state index contributed by atoms with van der Waals surface area (Å²) in [6.45, 7) is 5.49. The molecule has 0 bridgehead atoms. The van der Waals surface area contributed by atoms with E-state index in [1.165, 1.54) is 0 Å². The topological polar surface area (TPSA) is 109 Å². The molecule has 0 unspecified atom stereocenters. The van der Waals surface area contributed by atoms with Crippen LogP contribution in [0, 0.1) is 0 Å². The molecule has 0 radical (unpaired) electrons. The number of amides is 3. The largest absolute Gasteiger partial charge is 0.492 e. The number of rotatable bonds is 3. The molecule has 0 saturated carbocycles. The molecule has 1 aliphatic rings. The van der Waals surface area contributed by atoms with Gasteiger partial charge in [0.25, 0.3) is 0 Å². The predicted octanol–water partition coefficient (Wildman–Crippen LogP) is 3.80. The second-order valence-electron chi connectivity index (χ2n) is 9.91. The van der Waals surface area contributed by atoms with Crippen molar-refractivity contribution < 1.29 is 19.1 Å². The van der Waals surface area contributed by atoms with Crippen molar-refractivity contribution in [3.05, 3.63) is 82.4 Å². The van der Waals surface area contributed by atoms with Crippen LogP contribution in [0.15, 0.2) is 66.3 Å². The van der Waals surface area contributed by atoms with E-state index in [1.807, 2.05) is 68.5 Å². The molecule has 3 rings (SSSR count). The lowest BCUT2D eigenvalue weighted by molar-refractivity contribution is -0.128. The maximum Gasteiger partial charge on any atom is 0.243 e. The van der Waals surface area contributed by atoms with Gasteiger partial charge in [-0.1, -0.05) is 65.7 Å². The second kappa shape index (κ2) is 16.5. The molecule has 0 fully saturated rings. The van der Waals surface area contributed by atoms with Crippen molar-refractivity contribution in [1.82, 2.24) is 21.3 Å². The third kappa shape index (κ3) is 10.9. The first-order valence-electron chi connectivity index (χ1n) is 13.7. The molecule has 9 heteroatoms. The van der Waals surface area contributed by atoms with Gasteiger partial charge in [-0.3, -0.25) is 19.7 Å². The first kappa shape index (κ1) is 30.9. The Morgan fingerprint density at radius 1 is 1.00 bits per heavy atom. The number of carbonyl (C=O) groups excluding carboxylic acids is 3. The molecule has 1 aliphatic heterocycles. The summed E-state index contributed by atoms with van der Waals surface area (Å²) < 4.78 is 5.99. The van der Waals surface area contributed by atoms with Crippen LogP contribution in [-0.2, 0) is 20.8 Å². The van der Waals surface area contributed by atoms with Crippen LogP contribution >= 0.6 is 11.6 Å². The van der Waals surface area contributed by atoms with Crippen molar-refractivity contribution in [2.75, 3.05) is 26.2 Å². The first-order chi connectivity index (χ1) is 19.3. The maximum atomic E-state index is 13.1. The van der Waals surface area contributed by atoms with E-state index in [2.05, 4.69) is 21.3 Å². The minimum Gasteiger partial charge on any atom is -0.492 e. The summed E-state index contributed by atoms with van der Waals surface area (Å²) in [5.74, 6) is 0.0763. The molecule has 8 nitrogen and oxygen atoms in total. The Morgan fingerprint density at radius 3 is 2.62 bits per heavy atom. The average Bonchev–Trinajstić information content (AvgIpc) is 2.92. The average molecular weight is 567 g/mol. The van der Waals surface area contributed by atoms with Crippen molar-refractivity contribution in [1.29, 1.82) is 0 Å². The van der Waals surface area contributed by atoms with Gasteiger partial charge in [-0.25, -0.2) is 0 Å². The number of carbonyl (C=O) groups is 3. The number of para-hydroxylation sites is 1. The molecule has 40 heavy (non-hydrogen) atoms. The molecule has 0 spiro atoms. The van der Waals surface area contributed by atoms with E-state index in [4.69, 9.17) is 16.3 Å². The highest BCUT2D eigenvalue weighted by Gasteiger charge is 2.21. The summed E-state index contributed by atoms with van der Waals surface area (Å²) >= 11 is 6.13. The van der Waals surface area contributed by atoms with Gasteiger partial charge in [0.15, 0.2) is 0 Å². The Morgan fingerprint density at radius 2 is 1.82 bits per heavy atom. The van der Waals surface area contributed by atoms with Crippen LogP contribution in [-0.4, -0.2) is 56.0 Å². The Hall–Kier alpha value is -3.62.